The molecule has 3 unspecified atom stereocenters. The van der Waals surface area contributed by atoms with Gasteiger partial charge in [-0.1, -0.05) is 57.0 Å². The summed E-state index contributed by atoms with van der Waals surface area (Å²) >= 11 is 0. The fraction of sp³-hybridized carbons (Fsp3) is 0.619. The van der Waals surface area contributed by atoms with E-state index in [1.807, 2.05) is 30.1 Å². The van der Waals surface area contributed by atoms with Gasteiger partial charge in [0, 0.05) is 32.0 Å². The molecule has 3 N–H and O–H groups in total. The van der Waals surface area contributed by atoms with Gasteiger partial charge in [0.25, 0.3) is 0 Å². The van der Waals surface area contributed by atoms with E-state index in [0.29, 0.717) is 25.0 Å². The smallest absolute Gasteiger partial charge is 0.223 e. The summed E-state index contributed by atoms with van der Waals surface area (Å²) in [5, 5.41) is 3.28. The molecule has 5 nitrogen and oxygen atoms in total. The van der Waals surface area contributed by atoms with Gasteiger partial charge < -0.3 is 16.0 Å². The van der Waals surface area contributed by atoms with Gasteiger partial charge in [0.2, 0.25) is 5.91 Å². The lowest BCUT2D eigenvalue weighted by atomic mass is 9.94. The van der Waals surface area contributed by atoms with E-state index in [0.717, 1.165) is 17.9 Å². The highest BCUT2D eigenvalue weighted by Gasteiger charge is 2.38. The van der Waals surface area contributed by atoms with E-state index in [1.54, 1.807) is 0 Å². The number of benzene rings is 1. The van der Waals surface area contributed by atoms with E-state index in [9.17, 15) is 4.79 Å². The van der Waals surface area contributed by atoms with Crippen LogP contribution in [0.15, 0.2) is 35.3 Å². The van der Waals surface area contributed by atoms with Gasteiger partial charge in [-0.2, -0.15) is 0 Å². The van der Waals surface area contributed by atoms with Crippen molar-refractivity contribution in [1.29, 1.82) is 0 Å². The van der Waals surface area contributed by atoms with Crippen LogP contribution in [0.2, 0.25) is 0 Å². The number of hydrogen-bond donors (Lipinski definition) is 2. The molecule has 0 aromatic heterocycles. The number of carbonyl (C=O) groups excluding carboxylic acids is 1. The summed E-state index contributed by atoms with van der Waals surface area (Å²) in [6.07, 6.45) is 4.04. The van der Waals surface area contributed by atoms with Crippen LogP contribution >= 0.6 is 0 Å². The molecule has 3 atom stereocenters. The van der Waals surface area contributed by atoms with Crippen molar-refractivity contribution in [2.45, 2.75) is 58.5 Å². The van der Waals surface area contributed by atoms with Crippen LogP contribution < -0.4 is 11.1 Å². The number of guanidine groups is 1. The molecule has 1 fully saturated rings. The second-order valence-corrected chi connectivity index (χ2v) is 7.92. The maximum atomic E-state index is 12.2. The van der Waals surface area contributed by atoms with Gasteiger partial charge in [-0.05, 0) is 24.8 Å². The first kappa shape index (κ1) is 20.3. The normalized spacial score (nSPS) is 22.1. The lowest BCUT2D eigenvalue weighted by Crippen LogP contribution is -2.39. The van der Waals surface area contributed by atoms with Crippen LogP contribution in [0.4, 0.5) is 0 Å². The maximum Gasteiger partial charge on any atom is 0.223 e. The molecule has 1 aromatic rings. The standard InChI is InChI=1S/C21H34N4O/c1-15(2)9-8-10-16(3)24-21(22)23-14-18-13-19(26)25(4)20(18)17-11-6-5-7-12-17/h5-7,11-12,15-16,18,20H,8-10,13-14H2,1-4H3,(H3,22,23,24). The molecule has 0 spiro atoms. The summed E-state index contributed by atoms with van der Waals surface area (Å²) in [7, 11) is 1.88. The van der Waals surface area contributed by atoms with Crippen LogP contribution in [-0.4, -0.2) is 36.4 Å². The van der Waals surface area contributed by atoms with Gasteiger partial charge in [0.15, 0.2) is 5.96 Å². The Labute approximate surface area is 158 Å². The Balaban J connectivity index is 1.91. The van der Waals surface area contributed by atoms with E-state index in [4.69, 9.17) is 5.73 Å². The summed E-state index contributed by atoms with van der Waals surface area (Å²) in [4.78, 5) is 18.6. The van der Waals surface area contributed by atoms with Crippen LogP contribution in [0, 0.1) is 11.8 Å². The summed E-state index contributed by atoms with van der Waals surface area (Å²) in [5.74, 6) is 1.55. The highest BCUT2D eigenvalue weighted by molar-refractivity contribution is 5.80. The fourth-order valence-electron chi connectivity index (χ4n) is 3.68. The number of aliphatic imine (C=N–C) groups is 1. The minimum Gasteiger partial charge on any atom is -0.370 e. The summed E-state index contributed by atoms with van der Waals surface area (Å²) in [6, 6.07) is 10.6. The van der Waals surface area contributed by atoms with Crippen LogP contribution in [0.25, 0.3) is 0 Å². The molecule has 1 saturated heterocycles. The third kappa shape index (κ3) is 5.75. The van der Waals surface area contributed by atoms with Crippen LogP contribution in [0.3, 0.4) is 0 Å². The number of carbonyl (C=O) groups is 1. The molecule has 1 aromatic carbocycles. The van der Waals surface area contributed by atoms with Gasteiger partial charge >= 0.3 is 0 Å². The van der Waals surface area contributed by atoms with Crippen molar-refractivity contribution in [3.8, 4) is 0 Å². The van der Waals surface area contributed by atoms with Gasteiger partial charge in [-0.15, -0.1) is 0 Å². The van der Waals surface area contributed by atoms with Crippen molar-refractivity contribution in [3.63, 3.8) is 0 Å². The zero-order valence-corrected chi connectivity index (χ0v) is 16.6. The second kappa shape index (κ2) is 9.60. The number of nitrogens with two attached hydrogens (primary N) is 1. The van der Waals surface area contributed by atoms with Gasteiger partial charge in [-0.25, -0.2) is 0 Å². The predicted molar refractivity (Wildman–Crippen MR) is 108 cm³/mol. The van der Waals surface area contributed by atoms with E-state index in [-0.39, 0.29) is 17.9 Å². The van der Waals surface area contributed by atoms with E-state index in [1.165, 1.54) is 12.8 Å². The molecule has 1 heterocycles. The molecular weight excluding hydrogens is 324 g/mol. The number of nitrogens with one attached hydrogen (secondary N) is 1. The minimum absolute atomic E-state index is 0.0729. The summed E-state index contributed by atoms with van der Waals surface area (Å²) in [6.45, 7) is 7.20. The minimum atomic E-state index is 0.0729. The quantitative estimate of drug-likeness (QED) is 0.553. The Kier molecular flexibility index (Phi) is 7.49. The maximum absolute atomic E-state index is 12.2. The molecule has 0 aliphatic carbocycles. The molecule has 144 valence electrons. The van der Waals surface area contributed by atoms with Crippen molar-refractivity contribution >= 4 is 11.9 Å². The van der Waals surface area contributed by atoms with E-state index >= 15 is 0 Å². The lowest BCUT2D eigenvalue weighted by Gasteiger charge is -2.24. The molecule has 1 amide bonds. The van der Waals surface area contributed by atoms with E-state index in [2.05, 4.69) is 43.2 Å². The molecular formula is C21H34N4O. The Morgan fingerprint density at radius 1 is 1.27 bits per heavy atom. The lowest BCUT2D eigenvalue weighted by molar-refractivity contribution is -0.127. The highest BCUT2D eigenvalue weighted by Crippen LogP contribution is 2.36. The molecule has 2 rings (SSSR count). The molecule has 0 bridgehead atoms. The van der Waals surface area contributed by atoms with Crippen LogP contribution in [-0.2, 0) is 4.79 Å². The Morgan fingerprint density at radius 3 is 2.62 bits per heavy atom. The summed E-state index contributed by atoms with van der Waals surface area (Å²) in [5.41, 5.74) is 7.24. The number of nitrogens with zero attached hydrogens (tertiary/aromatic N) is 2. The van der Waals surface area contributed by atoms with Crippen molar-refractivity contribution in [2.75, 3.05) is 13.6 Å². The molecule has 1 aliphatic heterocycles. The Bertz CT molecular complexity index is 599. The Hall–Kier alpha value is -2.04. The van der Waals surface area contributed by atoms with Gasteiger partial charge in [0.1, 0.15) is 0 Å². The number of hydrogen-bond acceptors (Lipinski definition) is 2. The Morgan fingerprint density at radius 2 is 1.96 bits per heavy atom. The number of rotatable bonds is 8. The van der Waals surface area contributed by atoms with Crippen LogP contribution in [0.1, 0.15) is 58.1 Å². The fourth-order valence-corrected chi connectivity index (χ4v) is 3.68. The SMILES string of the molecule is CC(C)CCCC(C)NC(N)=NCC1CC(=O)N(C)C1c1ccccc1. The zero-order chi connectivity index (χ0) is 19.1. The first-order valence-corrected chi connectivity index (χ1v) is 9.75. The number of amides is 1. The van der Waals surface area contributed by atoms with Crippen molar-refractivity contribution < 1.29 is 4.79 Å². The third-order valence-electron chi connectivity index (χ3n) is 5.14. The topological polar surface area (TPSA) is 70.7 Å². The molecule has 5 heteroatoms. The molecule has 1 aliphatic rings. The van der Waals surface area contributed by atoms with E-state index < -0.39 is 0 Å². The monoisotopic (exact) mass is 358 g/mol. The predicted octanol–water partition coefficient (Wildman–Crippen LogP) is 3.33. The van der Waals surface area contributed by atoms with Crippen LogP contribution in [0.5, 0.6) is 0 Å². The number of likely N-dealkylation sites (tertiary alicyclic amines) is 1. The first-order chi connectivity index (χ1) is 12.4. The largest absolute Gasteiger partial charge is 0.370 e. The van der Waals surface area contributed by atoms with Crippen molar-refractivity contribution in [3.05, 3.63) is 35.9 Å². The summed E-state index contributed by atoms with van der Waals surface area (Å²) < 4.78 is 0. The zero-order valence-electron chi connectivity index (χ0n) is 16.6. The van der Waals surface area contributed by atoms with Gasteiger partial charge in [0.05, 0.1) is 6.04 Å². The molecule has 26 heavy (non-hydrogen) atoms. The average Bonchev–Trinajstić information content (AvgIpc) is 2.88. The highest BCUT2D eigenvalue weighted by atomic mass is 16.2. The van der Waals surface area contributed by atoms with Crippen molar-refractivity contribution in [1.82, 2.24) is 10.2 Å². The first-order valence-electron chi connectivity index (χ1n) is 9.75. The third-order valence-corrected chi connectivity index (χ3v) is 5.14. The van der Waals surface area contributed by atoms with Gasteiger partial charge in [-0.3, -0.25) is 9.79 Å². The second-order valence-electron chi connectivity index (χ2n) is 7.92. The molecule has 0 saturated carbocycles. The molecule has 0 radical (unpaired) electrons. The average molecular weight is 359 g/mol. The van der Waals surface area contributed by atoms with Crippen molar-refractivity contribution in [2.24, 2.45) is 22.6 Å².